The number of furan rings is 1. The summed E-state index contributed by atoms with van der Waals surface area (Å²) in [4.78, 5) is 5.24. The van der Waals surface area contributed by atoms with Crippen LogP contribution in [-0.4, -0.2) is 53.2 Å². The van der Waals surface area contributed by atoms with E-state index in [9.17, 15) is 5.11 Å². The van der Waals surface area contributed by atoms with E-state index < -0.39 is 0 Å². The minimum Gasteiger partial charge on any atom is -0.464 e. The molecule has 2 fully saturated rings. The molecule has 1 saturated carbocycles. The van der Waals surface area contributed by atoms with Gasteiger partial charge < -0.3 is 9.52 Å². The van der Waals surface area contributed by atoms with Gasteiger partial charge in [-0.15, -0.1) is 0 Å². The summed E-state index contributed by atoms with van der Waals surface area (Å²) in [6, 6.07) is 13.9. The van der Waals surface area contributed by atoms with Crippen LogP contribution in [0.2, 0.25) is 0 Å². The van der Waals surface area contributed by atoms with E-state index in [1.165, 1.54) is 31.2 Å². The summed E-state index contributed by atoms with van der Waals surface area (Å²) < 4.78 is 5.54. The first-order valence-electron chi connectivity index (χ1n) is 10.1. The highest BCUT2D eigenvalue weighted by Gasteiger charge is 2.32. The van der Waals surface area contributed by atoms with Crippen LogP contribution < -0.4 is 0 Å². The zero-order valence-corrected chi connectivity index (χ0v) is 15.5. The summed E-state index contributed by atoms with van der Waals surface area (Å²) >= 11 is 0. The quantitative estimate of drug-likeness (QED) is 0.857. The Balaban J connectivity index is 1.42. The molecule has 4 rings (SSSR count). The van der Waals surface area contributed by atoms with Crippen LogP contribution in [0.5, 0.6) is 0 Å². The molecule has 1 aliphatic heterocycles. The van der Waals surface area contributed by atoms with Crippen LogP contribution in [0.15, 0.2) is 47.1 Å². The Morgan fingerprint density at radius 3 is 2.73 bits per heavy atom. The predicted molar refractivity (Wildman–Crippen MR) is 104 cm³/mol. The van der Waals surface area contributed by atoms with Gasteiger partial charge in [0.25, 0.3) is 0 Å². The van der Waals surface area contributed by atoms with Crippen molar-refractivity contribution in [2.45, 2.75) is 50.7 Å². The molecule has 1 aromatic heterocycles. The Labute approximate surface area is 156 Å². The maximum absolute atomic E-state index is 9.54. The van der Waals surface area contributed by atoms with Crippen molar-refractivity contribution in [1.82, 2.24) is 9.80 Å². The maximum Gasteiger partial charge on any atom is 0.133 e. The number of rotatable bonds is 6. The van der Waals surface area contributed by atoms with Crippen molar-refractivity contribution < 1.29 is 9.52 Å². The zero-order valence-electron chi connectivity index (χ0n) is 15.5. The minimum atomic E-state index is 0.287. The van der Waals surface area contributed by atoms with Crippen LogP contribution >= 0.6 is 0 Å². The lowest BCUT2D eigenvalue weighted by atomic mass is 10.0. The average Bonchev–Trinajstić information content (AvgIpc) is 3.37. The molecule has 1 aromatic carbocycles. The molecule has 1 aliphatic carbocycles. The molecular formula is C22H30N2O2. The molecular weight excluding hydrogens is 324 g/mol. The fraction of sp³-hybridized carbons (Fsp3) is 0.545. The third-order valence-corrected chi connectivity index (χ3v) is 6.01. The highest BCUT2D eigenvalue weighted by Crippen LogP contribution is 2.28. The van der Waals surface area contributed by atoms with E-state index in [0.717, 1.165) is 50.0 Å². The molecule has 4 nitrogen and oxygen atoms in total. The Morgan fingerprint density at radius 2 is 1.96 bits per heavy atom. The minimum absolute atomic E-state index is 0.287. The van der Waals surface area contributed by atoms with Crippen LogP contribution in [0, 0.1) is 0 Å². The molecule has 1 saturated heterocycles. The second kappa shape index (κ2) is 8.38. The highest BCUT2D eigenvalue weighted by molar-refractivity contribution is 5.58. The summed E-state index contributed by atoms with van der Waals surface area (Å²) in [6.45, 7) is 4.56. The van der Waals surface area contributed by atoms with Crippen molar-refractivity contribution in [2.75, 3.05) is 26.2 Å². The van der Waals surface area contributed by atoms with E-state index in [2.05, 4.69) is 34.1 Å². The standard InChI is InChI=1S/C22H30N2O2/c25-13-10-21-17-23(11-12-24(21)20-7-1-2-8-20)16-18-5-3-6-19(15-18)22-9-4-14-26-22/h3-6,9,14-15,20-21,25H,1-2,7-8,10-13,16-17H2/t21-/m0/s1. The van der Waals surface area contributed by atoms with E-state index in [-0.39, 0.29) is 6.61 Å². The van der Waals surface area contributed by atoms with Gasteiger partial charge in [0.05, 0.1) is 6.26 Å². The van der Waals surface area contributed by atoms with Crippen LogP contribution in [0.1, 0.15) is 37.7 Å². The van der Waals surface area contributed by atoms with E-state index in [4.69, 9.17) is 4.42 Å². The van der Waals surface area contributed by atoms with Gasteiger partial charge in [0.1, 0.15) is 5.76 Å². The van der Waals surface area contributed by atoms with Gasteiger partial charge in [-0.3, -0.25) is 9.80 Å². The lowest BCUT2D eigenvalue weighted by Gasteiger charge is -2.44. The van der Waals surface area contributed by atoms with Gasteiger partial charge in [0.15, 0.2) is 0 Å². The second-order valence-corrected chi connectivity index (χ2v) is 7.76. The van der Waals surface area contributed by atoms with E-state index >= 15 is 0 Å². The largest absolute Gasteiger partial charge is 0.464 e. The highest BCUT2D eigenvalue weighted by atomic mass is 16.3. The smallest absolute Gasteiger partial charge is 0.133 e. The van der Waals surface area contributed by atoms with Crippen LogP contribution in [0.25, 0.3) is 11.3 Å². The lowest BCUT2D eigenvalue weighted by Crippen LogP contribution is -2.55. The molecule has 140 valence electrons. The van der Waals surface area contributed by atoms with Gasteiger partial charge in [-0.25, -0.2) is 0 Å². The van der Waals surface area contributed by atoms with Crippen LogP contribution in [0.3, 0.4) is 0 Å². The van der Waals surface area contributed by atoms with Crippen molar-refractivity contribution in [3.63, 3.8) is 0 Å². The molecule has 2 aromatic rings. The molecule has 0 radical (unpaired) electrons. The third-order valence-electron chi connectivity index (χ3n) is 6.01. The van der Waals surface area contributed by atoms with Crippen LogP contribution in [0.4, 0.5) is 0 Å². The van der Waals surface area contributed by atoms with E-state index in [0.29, 0.717) is 6.04 Å². The average molecular weight is 354 g/mol. The number of hydrogen-bond acceptors (Lipinski definition) is 4. The van der Waals surface area contributed by atoms with Gasteiger partial charge in [-0.2, -0.15) is 0 Å². The SMILES string of the molecule is OCC[C@H]1CN(Cc2cccc(-c3ccco3)c2)CCN1C1CCCC1. The van der Waals surface area contributed by atoms with Crippen molar-refractivity contribution >= 4 is 0 Å². The first-order valence-corrected chi connectivity index (χ1v) is 10.1. The van der Waals surface area contributed by atoms with E-state index in [1.54, 1.807) is 6.26 Å². The predicted octanol–water partition coefficient (Wildman–Crippen LogP) is 3.76. The molecule has 26 heavy (non-hydrogen) atoms. The monoisotopic (exact) mass is 354 g/mol. The van der Waals surface area contributed by atoms with Gasteiger partial charge >= 0.3 is 0 Å². The first-order chi connectivity index (χ1) is 12.8. The third kappa shape index (κ3) is 4.03. The summed E-state index contributed by atoms with van der Waals surface area (Å²) in [7, 11) is 0. The van der Waals surface area contributed by atoms with Crippen molar-refractivity contribution in [3.05, 3.63) is 48.2 Å². The second-order valence-electron chi connectivity index (χ2n) is 7.76. The Morgan fingerprint density at radius 1 is 1.08 bits per heavy atom. The number of benzene rings is 1. The van der Waals surface area contributed by atoms with Crippen molar-refractivity contribution in [3.8, 4) is 11.3 Å². The van der Waals surface area contributed by atoms with Gasteiger partial charge in [0, 0.05) is 50.4 Å². The van der Waals surface area contributed by atoms with Gasteiger partial charge in [0.2, 0.25) is 0 Å². The summed E-state index contributed by atoms with van der Waals surface area (Å²) in [6.07, 6.45) is 8.04. The van der Waals surface area contributed by atoms with Gasteiger partial charge in [-0.05, 0) is 43.0 Å². The van der Waals surface area contributed by atoms with Crippen molar-refractivity contribution in [2.24, 2.45) is 0 Å². The molecule has 2 heterocycles. The molecule has 0 amide bonds. The van der Waals surface area contributed by atoms with Crippen LogP contribution in [-0.2, 0) is 6.54 Å². The fourth-order valence-electron chi connectivity index (χ4n) is 4.72. The number of aliphatic hydroxyl groups is 1. The van der Waals surface area contributed by atoms with Crippen molar-refractivity contribution in [1.29, 1.82) is 0 Å². The Bertz CT molecular complexity index is 679. The molecule has 2 aliphatic rings. The first kappa shape index (κ1) is 17.8. The zero-order chi connectivity index (χ0) is 17.8. The fourth-order valence-corrected chi connectivity index (χ4v) is 4.72. The summed E-state index contributed by atoms with van der Waals surface area (Å²) in [5, 5.41) is 9.54. The number of piperazine rings is 1. The number of hydrogen-bond donors (Lipinski definition) is 1. The number of aliphatic hydroxyl groups excluding tert-OH is 1. The topological polar surface area (TPSA) is 39.9 Å². The normalized spacial score (nSPS) is 22.9. The van der Waals surface area contributed by atoms with E-state index in [1.807, 2.05) is 12.1 Å². The molecule has 0 bridgehead atoms. The molecule has 1 N–H and O–H groups in total. The molecule has 0 spiro atoms. The van der Waals surface area contributed by atoms with Gasteiger partial charge in [-0.1, -0.05) is 31.0 Å². The number of nitrogens with zero attached hydrogens (tertiary/aromatic N) is 2. The summed E-state index contributed by atoms with van der Waals surface area (Å²) in [5.74, 6) is 0.927. The lowest BCUT2D eigenvalue weighted by molar-refractivity contribution is 0.0267. The summed E-state index contributed by atoms with van der Waals surface area (Å²) in [5.41, 5.74) is 2.47. The molecule has 0 unspecified atom stereocenters. The Hall–Kier alpha value is -1.62. The maximum atomic E-state index is 9.54. The Kier molecular flexibility index (Phi) is 5.73. The molecule has 1 atom stereocenters. The molecule has 4 heteroatoms.